The van der Waals surface area contributed by atoms with Crippen molar-refractivity contribution in [3.05, 3.63) is 34.9 Å². The van der Waals surface area contributed by atoms with Crippen molar-refractivity contribution in [1.82, 2.24) is 5.32 Å². The Morgan fingerprint density at radius 3 is 2.59 bits per heavy atom. The highest BCUT2D eigenvalue weighted by atomic mass is 35.5. The highest BCUT2D eigenvalue weighted by Gasteiger charge is 2.17. The molecule has 0 fully saturated rings. The number of halogens is 1. The van der Waals surface area contributed by atoms with Gasteiger partial charge in [0, 0.05) is 11.1 Å². The average molecular weight is 254 g/mol. The summed E-state index contributed by atoms with van der Waals surface area (Å²) in [6.45, 7) is 7.83. The van der Waals surface area contributed by atoms with Crippen LogP contribution in [0.3, 0.4) is 0 Å². The van der Waals surface area contributed by atoms with Crippen LogP contribution in [0.5, 0.6) is 0 Å². The minimum atomic E-state index is 0.514. The summed E-state index contributed by atoms with van der Waals surface area (Å²) in [4.78, 5) is 0. The predicted molar refractivity (Wildman–Crippen MR) is 76.9 cm³/mol. The summed E-state index contributed by atoms with van der Waals surface area (Å²) in [6.07, 6.45) is 3.61. The topological polar surface area (TPSA) is 12.0 Å². The van der Waals surface area contributed by atoms with E-state index in [-0.39, 0.29) is 0 Å². The molecule has 1 aromatic rings. The maximum atomic E-state index is 6.05. The monoisotopic (exact) mass is 253 g/mol. The Balaban J connectivity index is 2.72. The summed E-state index contributed by atoms with van der Waals surface area (Å²) in [6, 6.07) is 8.79. The first-order chi connectivity index (χ1) is 8.19. The fourth-order valence-electron chi connectivity index (χ4n) is 2.19. The SMILES string of the molecule is CCCNC(CCC)C(C)c1cccc(Cl)c1. The number of hydrogen-bond donors (Lipinski definition) is 1. The van der Waals surface area contributed by atoms with Crippen molar-refractivity contribution in [2.24, 2.45) is 0 Å². The van der Waals surface area contributed by atoms with Gasteiger partial charge in [-0.05, 0) is 43.0 Å². The van der Waals surface area contributed by atoms with Crippen molar-refractivity contribution in [3.8, 4) is 0 Å². The van der Waals surface area contributed by atoms with Gasteiger partial charge < -0.3 is 5.32 Å². The van der Waals surface area contributed by atoms with E-state index in [4.69, 9.17) is 11.6 Å². The van der Waals surface area contributed by atoms with Gasteiger partial charge in [0.1, 0.15) is 0 Å². The Bertz CT molecular complexity index is 324. The zero-order valence-corrected chi connectivity index (χ0v) is 11.9. The molecular weight excluding hydrogens is 230 g/mol. The van der Waals surface area contributed by atoms with Crippen molar-refractivity contribution in [2.45, 2.75) is 52.0 Å². The van der Waals surface area contributed by atoms with Crippen LogP contribution >= 0.6 is 11.6 Å². The summed E-state index contributed by atoms with van der Waals surface area (Å²) < 4.78 is 0. The second-order valence-electron chi connectivity index (χ2n) is 4.69. The first kappa shape index (κ1) is 14.5. The molecule has 0 aromatic heterocycles. The standard InChI is InChI=1S/C15H24ClN/c1-4-7-15(17-10-5-2)12(3)13-8-6-9-14(16)11-13/h6,8-9,11-12,15,17H,4-5,7,10H2,1-3H3. The van der Waals surface area contributed by atoms with E-state index >= 15 is 0 Å². The fourth-order valence-corrected chi connectivity index (χ4v) is 2.39. The minimum absolute atomic E-state index is 0.514. The number of rotatable bonds is 7. The van der Waals surface area contributed by atoms with E-state index in [0.717, 1.165) is 11.6 Å². The summed E-state index contributed by atoms with van der Waals surface area (Å²) in [5.41, 5.74) is 1.33. The van der Waals surface area contributed by atoms with Gasteiger partial charge in [-0.1, -0.05) is 50.9 Å². The predicted octanol–water partition coefficient (Wildman–Crippen LogP) is 4.61. The molecule has 1 N–H and O–H groups in total. The van der Waals surface area contributed by atoms with Crippen LogP contribution in [0, 0.1) is 0 Å². The Morgan fingerprint density at radius 1 is 1.24 bits per heavy atom. The van der Waals surface area contributed by atoms with E-state index in [1.807, 2.05) is 12.1 Å². The van der Waals surface area contributed by atoms with Crippen LogP contribution in [-0.2, 0) is 0 Å². The van der Waals surface area contributed by atoms with Crippen LogP contribution in [0.2, 0.25) is 5.02 Å². The van der Waals surface area contributed by atoms with Crippen molar-refractivity contribution in [3.63, 3.8) is 0 Å². The summed E-state index contributed by atoms with van der Waals surface area (Å²) in [5, 5.41) is 4.48. The van der Waals surface area contributed by atoms with Gasteiger partial charge >= 0.3 is 0 Å². The normalized spacial score (nSPS) is 14.6. The molecule has 0 radical (unpaired) electrons. The largest absolute Gasteiger partial charge is 0.313 e. The van der Waals surface area contributed by atoms with Gasteiger partial charge in [0.2, 0.25) is 0 Å². The molecule has 2 unspecified atom stereocenters. The van der Waals surface area contributed by atoms with Gasteiger partial charge in [0.25, 0.3) is 0 Å². The molecule has 0 aliphatic carbocycles. The van der Waals surface area contributed by atoms with Crippen LogP contribution in [0.4, 0.5) is 0 Å². The van der Waals surface area contributed by atoms with Crippen LogP contribution < -0.4 is 5.32 Å². The molecular formula is C15H24ClN. The third kappa shape index (κ3) is 4.69. The number of nitrogens with one attached hydrogen (secondary N) is 1. The summed E-state index contributed by atoms with van der Waals surface area (Å²) >= 11 is 6.05. The first-order valence-electron chi connectivity index (χ1n) is 6.67. The third-order valence-electron chi connectivity index (χ3n) is 3.23. The zero-order valence-electron chi connectivity index (χ0n) is 11.2. The quantitative estimate of drug-likeness (QED) is 0.748. The highest BCUT2D eigenvalue weighted by Crippen LogP contribution is 2.24. The third-order valence-corrected chi connectivity index (χ3v) is 3.47. The Kier molecular flexibility index (Phi) is 6.61. The smallest absolute Gasteiger partial charge is 0.0408 e. The Hall–Kier alpha value is -0.530. The molecule has 1 nitrogen and oxygen atoms in total. The molecule has 0 saturated carbocycles. The molecule has 0 aliphatic heterocycles. The van der Waals surface area contributed by atoms with Gasteiger partial charge in [0.05, 0.1) is 0 Å². The maximum Gasteiger partial charge on any atom is 0.0408 e. The van der Waals surface area contributed by atoms with Crippen LogP contribution in [0.25, 0.3) is 0 Å². The van der Waals surface area contributed by atoms with Crippen molar-refractivity contribution < 1.29 is 0 Å². The van der Waals surface area contributed by atoms with Gasteiger partial charge in [-0.15, -0.1) is 0 Å². The lowest BCUT2D eigenvalue weighted by Crippen LogP contribution is -2.34. The van der Waals surface area contributed by atoms with E-state index in [2.05, 4.69) is 38.2 Å². The Morgan fingerprint density at radius 2 is 2.00 bits per heavy atom. The molecule has 17 heavy (non-hydrogen) atoms. The molecule has 0 aliphatic rings. The molecule has 96 valence electrons. The zero-order chi connectivity index (χ0) is 12.7. The molecule has 2 atom stereocenters. The molecule has 1 aromatic carbocycles. The number of benzene rings is 1. The molecule has 0 heterocycles. The minimum Gasteiger partial charge on any atom is -0.313 e. The first-order valence-corrected chi connectivity index (χ1v) is 7.05. The fraction of sp³-hybridized carbons (Fsp3) is 0.600. The maximum absolute atomic E-state index is 6.05. The lowest BCUT2D eigenvalue weighted by Gasteiger charge is -2.25. The molecule has 2 heteroatoms. The van der Waals surface area contributed by atoms with E-state index in [9.17, 15) is 0 Å². The highest BCUT2D eigenvalue weighted by molar-refractivity contribution is 6.30. The summed E-state index contributed by atoms with van der Waals surface area (Å²) in [7, 11) is 0. The van der Waals surface area contributed by atoms with Crippen LogP contribution in [-0.4, -0.2) is 12.6 Å². The van der Waals surface area contributed by atoms with E-state index < -0.39 is 0 Å². The molecule has 0 spiro atoms. The van der Waals surface area contributed by atoms with Crippen molar-refractivity contribution >= 4 is 11.6 Å². The van der Waals surface area contributed by atoms with E-state index in [1.54, 1.807) is 0 Å². The van der Waals surface area contributed by atoms with E-state index in [0.29, 0.717) is 12.0 Å². The lowest BCUT2D eigenvalue weighted by atomic mass is 9.90. The number of hydrogen-bond acceptors (Lipinski definition) is 1. The lowest BCUT2D eigenvalue weighted by molar-refractivity contribution is 0.420. The van der Waals surface area contributed by atoms with Crippen molar-refractivity contribution in [1.29, 1.82) is 0 Å². The Labute approximate surface area is 111 Å². The van der Waals surface area contributed by atoms with E-state index in [1.165, 1.54) is 24.8 Å². The van der Waals surface area contributed by atoms with Gasteiger partial charge in [-0.3, -0.25) is 0 Å². The molecule has 1 rings (SSSR count). The van der Waals surface area contributed by atoms with Crippen molar-refractivity contribution in [2.75, 3.05) is 6.54 Å². The second kappa shape index (κ2) is 7.73. The van der Waals surface area contributed by atoms with Crippen LogP contribution in [0.1, 0.15) is 51.5 Å². The van der Waals surface area contributed by atoms with Gasteiger partial charge in [-0.25, -0.2) is 0 Å². The summed E-state index contributed by atoms with van der Waals surface area (Å²) in [5.74, 6) is 0.514. The average Bonchev–Trinajstić information content (AvgIpc) is 2.33. The van der Waals surface area contributed by atoms with Gasteiger partial charge in [-0.2, -0.15) is 0 Å². The molecule has 0 bridgehead atoms. The molecule has 0 amide bonds. The van der Waals surface area contributed by atoms with Crippen LogP contribution in [0.15, 0.2) is 24.3 Å². The molecule has 0 saturated heterocycles. The van der Waals surface area contributed by atoms with Gasteiger partial charge in [0.15, 0.2) is 0 Å². The second-order valence-corrected chi connectivity index (χ2v) is 5.13.